The molecule has 0 saturated heterocycles. The molecule has 0 saturated carbocycles. The van der Waals surface area contributed by atoms with E-state index in [1.54, 1.807) is 13.8 Å². The molecule has 1 amide bonds. The third-order valence-electron chi connectivity index (χ3n) is 2.04. The number of nitrogens with zero attached hydrogens (tertiary/aromatic N) is 1. The average Bonchev–Trinajstić information content (AvgIpc) is 2.68. The Hall–Kier alpha value is -1.89. The van der Waals surface area contributed by atoms with E-state index in [9.17, 15) is 9.59 Å². The summed E-state index contributed by atoms with van der Waals surface area (Å²) in [5.41, 5.74) is 0.440. The summed E-state index contributed by atoms with van der Waals surface area (Å²) >= 11 is 1.04. The van der Waals surface area contributed by atoms with Crippen LogP contribution in [0.15, 0.2) is 12.7 Å². The highest BCUT2D eigenvalue weighted by Gasteiger charge is 2.19. The number of hydrogen-bond acceptors (Lipinski definition) is 5. The van der Waals surface area contributed by atoms with E-state index >= 15 is 0 Å². The van der Waals surface area contributed by atoms with Crippen LogP contribution >= 0.6 is 11.3 Å². The number of alkyl carbamates (subject to hydrolysis) is 1. The summed E-state index contributed by atoms with van der Waals surface area (Å²) in [7, 11) is 0. The molecule has 1 unspecified atom stereocenters. The van der Waals surface area contributed by atoms with Gasteiger partial charge in [-0.25, -0.2) is 14.6 Å². The summed E-state index contributed by atoms with van der Waals surface area (Å²) < 4.78 is 4.76. The van der Waals surface area contributed by atoms with Gasteiger partial charge in [0.05, 0.1) is 11.7 Å². The first-order valence-corrected chi connectivity index (χ1v) is 6.02. The normalized spacial score (nSPS) is 11.7. The van der Waals surface area contributed by atoms with Gasteiger partial charge < -0.3 is 15.2 Å². The van der Waals surface area contributed by atoms with Crippen molar-refractivity contribution in [3.63, 3.8) is 0 Å². The summed E-state index contributed by atoms with van der Waals surface area (Å²) in [5.74, 6) is -1.02. The molecular weight excluding hydrogens is 256 g/mol. The van der Waals surface area contributed by atoms with Gasteiger partial charge in [0.1, 0.15) is 16.5 Å². The van der Waals surface area contributed by atoms with Crippen molar-refractivity contribution in [3.8, 4) is 0 Å². The average molecular weight is 270 g/mol. The van der Waals surface area contributed by atoms with Crippen molar-refractivity contribution in [2.75, 3.05) is 6.61 Å². The van der Waals surface area contributed by atoms with Gasteiger partial charge in [0.25, 0.3) is 0 Å². The van der Waals surface area contributed by atoms with Crippen LogP contribution in [0.4, 0.5) is 4.79 Å². The molecule has 1 atom stereocenters. The molecule has 1 rings (SSSR count). The second kappa shape index (κ2) is 6.15. The molecule has 0 aliphatic rings. The highest BCUT2D eigenvalue weighted by Crippen LogP contribution is 2.23. The predicted molar refractivity (Wildman–Crippen MR) is 66.9 cm³/mol. The number of amides is 1. The van der Waals surface area contributed by atoms with Crippen molar-refractivity contribution >= 4 is 23.4 Å². The van der Waals surface area contributed by atoms with Crippen LogP contribution in [0.5, 0.6) is 0 Å². The van der Waals surface area contributed by atoms with E-state index in [-0.39, 0.29) is 11.5 Å². The third-order valence-corrected chi connectivity index (χ3v) is 3.37. The number of hydrogen-bond donors (Lipinski definition) is 2. The first kappa shape index (κ1) is 14.2. The summed E-state index contributed by atoms with van der Waals surface area (Å²) in [6.07, 6.45) is 0.868. The fourth-order valence-corrected chi connectivity index (χ4v) is 2.12. The molecule has 0 radical (unpaired) electrons. The molecule has 0 spiro atoms. The van der Waals surface area contributed by atoms with Crippen LogP contribution in [0.25, 0.3) is 0 Å². The van der Waals surface area contributed by atoms with Gasteiger partial charge in [0.15, 0.2) is 0 Å². The zero-order valence-electron chi connectivity index (χ0n) is 10.1. The number of aryl methyl sites for hydroxylation is 1. The zero-order chi connectivity index (χ0) is 13.7. The number of rotatable bonds is 5. The van der Waals surface area contributed by atoms with Crippen LogP contribution in [-0.2, 0) is 4.74 Å². The topological polar surface area (TPSA) is 88.5 Å². The molecule has 0 aromatic carbocycles. The predicted octanol–water partition coefficient (Wildman–Crippen LogP) is 2.12. The number of thiazole rings is 1. The van der Waals surface area contributed by atoms with E-state index in [2.05, 4.69) is 16.9 Å². The molecular formula is C11H14N2O4S. The monoisotopic (exact) mass is 270 g/mol. The molecule has 1 heterocycles. The van der Waals surface area contributed by atoms with E-state index < -0.39 is 18.1 Å². The van der Waals surface area contributed by atoms with Crippen LogP contribution in [-0.4, -0.2) is 28.8 Å². The Labute approximate surface area is 108 Å². The first-order valence-electron chi connectivity index (χ1n) is 5.20. The summed E-state index contributed by atoms with van der Waals surface area (Å²) in [6.45, 7) is 6.87. The fraction of sp³-hybridized carbons (Fsp3) is 0.364. The molecule has 18 heavy (non-hydrogen) atoms. The summed E-state index contributed by atoms with van der Waals surface area (Å²) in [4.78, 5) is 26.5. The number of carboxylic acid groups (broad SMARTS) is 1. The van der Waals surface area contributed by atoms with Crippen molar-refractivity contribution in [2.24, 2.45) is 0 Å². The number of carbonyl (C=O) groups is 2. The molecule has 0 aliphatic heterocycles. The van der Waals surface area contributed by atoms with Crippen LogP contribution in [0.2, 0.25) is 0 Å². The zero-order valence-corrected chi connectivity index (χ0v) is 10.9. The Balaban J connectivity index is 2.69. The number of carboxylic acids is 1. The Kier molecular flexibility index (Phi) is 4.85. The van der Waals surface area contributed by atoms with E-state index in [1.807, 2.05) is 0 Å². The van der Waals surface area contributed by atoms with Crippen LogP contribution in [0.3, 0.4) is 0 Å². The summed E-state index contributed by atoms with van der Waals surface area (Å²) in [5, 5.41) is 12.0. The smallest absolute Gasteiger partial charge is 0.408 e. The van der Waals surface area contributed by atoms with Crippen LogP contribution in [0.1, 0.15) is 33.3 Å². The molecule has 2 N–H and O–H groups in total. The number of carbonyl (C=O) groups excluding carboxylic acids is 1. The molecule has 1 aromatic heterocycles. The van der Waals surface area contributed by atoms with E-state index in [4.69, 9.17) is 9.84 Å². The maximum atomic E-state index is 11.3. The van der Waals surface area contributed by atoms with Crippen molar-refractivity contribution in [3.05, 3.63) is 28.2 Å². The Morgan fingerprint density at radius 3 is 2.83 bits per heavy atom. The lowest BCUT2D eigenvalue weighted by Gasteiger charge is -2.10. The number of aromatic carboxylic acids is 1. The van der Waals surface area contributed by atoms with Gasteiger partial charge in [-0.3, -0.25) is 0 Å². The molecule has 7 heteroatoms. The number of ether oxygens (including phenoxy) is 1. The van der Waals surface area contributed by atoms with Gasteiger partial charge in [-0.2, -0.15) is 0 Å². The maximum absolute atomic E-state index is 11.3. The van der Waals surface area contributed by atoms with E-state index in [1.165, 1.54) is 6.08 Å². The molecule has 0 bridgehead atoms. The highest BCUT2D eigenvalue weighted by atomic mass is 32.1. The molecule has 0 aliphatic carbocycles. The highest BCUT2D eigenvalue weighted by molar-refractivity contribution is 7.13. The van der Waals surface area contributed by atoms with Crippen molar-refractivity contribution in [1.82, 2.24) is 10.3 Å². The minimum absolute atomic E-state index is 0.121. The quantitative estimate of drug-likeness (QED) is 0.800. The van der Waals surface area contributed by atoms with Gasteiger partial charge in [0, 0.05) is 0 Å². The largest absolute Gasteiger partial charge is 0.477 e. The minimum atomic E-state index is -1.02. The second-order valence-corrected chi connectivity index (χ2v) is 4.56. The van der Waals surface area contributed by atoms with Gasteiger partial charge >= 0.3 is 12.1 Å². The second-order valence-electron chi connectivity index (χ2n) is 3.52. The van der Waals surface area contributed by atoms with Gasteiger partial charge in [-0.15, -0.1) is 11.3 Å². The van der Waals surface area contributed by atoms with E-state index in [0.717, 1.165) is 11.3 Å². The number of nitrogens with one attached hydrogen (secondary N) is 1. The SMILES string of the molecule is C=CCOC(=O)NC(C)c1nc(C)c(C(=O)O)s1. The summed E-state index contributed by atoms with van der Waals surface area (Å²) in [6, 6.07) is -0.404. The number of aromatic nitrogens is 1. The van der Waals surface area contributed by atoms with Gasteiger partial charge in [0.2, 0.25) is 0 Å². The van der Waals surface area contributed by atoms with Crippen LogP contribution in [0, 0.1) is 6.92 Å². The minimum Gasteiger partial charge on any atom is -0.477 e. The van der Waals surface area contributed by atoms with Gasteiger partial charge in [-0.1, -0.05) is 12.7 Å². The van der Waals surface area contributed by atoms with Crippen molar-refractivity contribution in [1.29, 1.82) is 0 Å². The lowest BCUT2D eigenvalue weighted by atomic mass is 10.3. The van der Waals surface area contributed by atoms with Gasteiger partial charge in [-0.05, 0) is 13.8 Å². The lowest BCUT2D eigenvalue weighted by Crippen LogP contribution is -2.27. The van der Waals surface area contributed by atoms with E-state index in [0.29, 0.717) is 10.7 Å². The Morgan fingerprint density at radius 2 is 2.33 bits per heavy atom. The standard InChI is InChI=1S/C11H14N2O4S/c1-4-5-17-11(16)13-7(3)9-12-6(2)8(18-9)10(14)15/h4,7H,1,5H2,2-3H3,(H,13,16)(H,14,15). The fourth-order valence-electron chi connectivity index (χ4n) is 1.22. The molecule has 1 aromatic rings. The Bertz CT molecular complexity index is 470. The molecule has 6 nitrogen and oxygen atoms in total. The molecule has 98 valence electrons. The van der Waals surface area contributed by atoms with Crippen molar-refractivity contribution < 1.29 is 19.4 Å². The van der Waals surface area contributed by atoms with Crippen LogP contribution < -0.4 is 5.32 Å². The maximum Gasteiger partial charge on any atom is 0.408 e. The third kappa shape index (κ3) is 3.56. The van der Waals surface area contributed by atoms with Crippen molar-refractivity contribution in [2.45, 2.75) is 19.9 Å². The molecule has 0 fully saturated rings. The lowest BCUT2D eigenvalue weighted by molar-refractivity contribution is 0.0701. The first-order chi connectivity index (χ1) is 8.45. The Morgan fingerprint density at radius 1 is 1.67 bits per heavy atom.